The summed E-state index contributed by atoms with van der Waals surface area (Å²) in [6, 6.07) is -0.0113. The first kappa shape index (κ1) is 15.4. The van der Waals surface area contributed by atoms with E-state index in [0.29, 0.717) is 6.61 Å². The van der Waals surface area contributed by atoms with E-state index in [-0.39, 0.29) is 22.5 Å². The average molecular weight is 320 g/mol. The minimum atomic E-state index is -3.74. The zero-order valence-electron chi connectivity index (χ0n) is 11.2. The summed E-state index contributed by atoms with van der Waals surface area (Å²) in [5.74, 6) is -0.743. The molecular weight excluding hydrogens is 304 g/mol. The Bertz CT molecular complexity index is 579. The smallest absolute Gasteiger partial charge is 0.358 e. The minimum Gasteiger partial charge on any atom is -0.464 e. The molecule has 1 aromatic heterocycles. The standard InChI is InChI=1S/C11H16N2O5S2/c1-17-6-5-13(8-3-4-8)20(15,16)11-9(10(14)18-2)12-7-19-11/h7-8H,3-6H2,1-2H3. The molecule has 7 nitrogen and oxygen atoms in total. The van der Waals surface area contributed by atoms with Gasteiger partial charge in [0, 0.05) is 19.7 Å². The number of hydrogen-bond donors (Lipinski definition) is 0. The second-order valence-corrected chi connectivity index (χ2v) is 7.26. The molecule has 2 rings (SSSR count). The molecule has 0 bridgehead atoms. The lowest BCUT2D eigenvalue weighted by molar-refractivity contribution is 0.0590. The Kier molecular flexibility index (Phi) is 4.74. The van der Waals surface area contributed by atoms with Gasteiger partial charge in [-0.05, 0) is 12.8 Å². The summed E-state index contributed by atoms with van der Waals surface area (Å²) in [5, 5.41) is 0. The SMILES string of the molecule is COCCN(C1CC1)S(=O)(=O)c1scnc1C(=O)OC. The molecular formula is C11H16N2O5S2. The van der Waals surface area contributed by atoms with Crippen molar-refractivity contribution in [3.05, 3.63) is 11.2 Å². The third kappa shape index (κ3) is 3.00. The van der Waals surface area contributed by atoms with Crippen molar-refractivity contribution in [2.45, 2.75) is 23.1 Å². The van der Waals surface area contributed by atoms with Gasteiger partial charge in [0.2, 0.25) is 0 Å². The molecule has 112 valence electrons. The van der Waals surface area contributed by atoms with Gasteiger partial charge in [-0.1, -0.05) is 0 Å². The fourth-order valence-electron chi connectivity index (χ4n) is 1.80. The number of methoxy groups -OCH3 is 2. The molecule has 1 aromatic rings. The molecule has 0 saturated heterocycles. The Morgan fingerprint density at radius 2 is 2.20 bits per heavy atom. The van der Waals surface area contributed by atoms with E-state index in [2.05, 4.69) is 9.72 Å². The Morgan fingerprint density at radius 1 is 1.50 bits per heavy atom. The molecule has 9 heteroatoms. The van der Waals surface area contributed by atoms with Crippen LogP contribution in [0, 0.1) is 0 Å². The summed E-state index contributed by atoms with van der Waals surface area (Å²) in [6.45, 7) is 0.574. The first-order chi connectivity index (χ1) is 9.52. The second-order valence-electron chi connectivity index (χ2n) is 4.32. The van der Waals surface area contributed by atoms with Crippen molar-refractivity contribution in [2.75, 3.05) is 27.4 Å². The Hall–Kier alpha value is -1.03. The number of rotatable bonds is 7. The maximum atomic E-state index is 12.7. The molecule has 20 heavy (non-hydrogen) atoms. The molecule has 0 N–H and O–H groups in total. The lowest BCUT2D eigenvalue weighted by Gasteiger charge is -2.20. The number of hydrogen-bond acceptors (Lipinski definition) is 7. The maximum Gasteiger partial charge on any atom is 0.358 e. The number of thiazole rings is 1. The molecule has 0 atom stereocenters. The van der Waals surface area contributed by atoms with Crippen LogP contribution in [-0.2, 0) is 19.5 Å². The summed E-state index contributed by atoms with van der Waals surface area (Å²) in [5.41, 5.74) is 1.18. The molecule has 0 aromatic carbocycles. The molecule has 0 amide bonds. The van der Waals surface area contributed by atoms with Crippen molar-refractivity contribution in [2.24, 2.45) is 0 Å². The summed E-state index contributed by atoms with van der Waals surface area (Å²) in [4.78, 5) is 15.4. The maximum absolute atomic E-state index is 12.7. The van der Waals surface area contributed by atoms with Crippen LogP contribution >= 0.6 is 11.3 Å². The van der Waals surface area contributed by atoms with Crippen LogP contribution in [-0.4, -0.2) is 57.1 Å². The monoisotopic (exact) mass is 320 g/mol. The Balaban J connectivity index is 2.33. The quantitative estimate of drug-likeness (QED) is 0.689. The third-order valence-corrected chi connectivity index (χ3v) is 6.23. The van der Waals surface area contributed by atoms with Crippen molar-refractivity contribution < 1.29 is 22.7 Å². The van der Waals surface area contributed by atoms with Gasteiger partial charge in [-0.15, -0.1) is 11.3 Å². The number of nitrogens with zero attached hydrogens (tertiary/aromatic N) is 2. The minimum absolute atomic E-state index is 0.0113. The van der Waals surface area contributed by atoms with Crippen LogP contribution in [0.5, 0.6) is 0 Å². The molecule has 0 aliphatic heterocycles. The predicted octanol–water partition coefficient (Wildman–Crippen LogP) is 0.729. The third-order valence-electron chi connectivity index (χ3n) is 2.93. The van der Waals surface area contributed by atoms with Crippen molar-refractivity contribution in [3.8, 4) is 0 Å². The highest BCUT2D eigenvalue weighted by atomic mass is 32.2. The normalized spacial score (nSPS) is 15.6. The van der Waals surface area contributed by atoms with E-state index in [1.165, 1.54) is 24.0 Å². The molecule has 0 spiro atoms. The number of ether oxygens (including phenoxy) is 2. The number of esters is 1. The van der Waals surface area contributed by atoms with Gasteiger partial charge in [0.15, 0.2) is 9.90 Å². The number of aromatic nitrogens is 1. The summed E-state index contributed by atoms with van der Waals surface area (Å²) in [7, 11) is -1.03. The Morgan fingerprint density at radius 3 is 2.75 bits per heavy atom. The van der Waals surface area contributed by atoms with E-state index in [4.69, 9.17) is 4.74 Å². The molecule has 1 aliphatic carbocycles. The van der Waals surface area contributed by atoms with E-state index in [1.807, 2.05) is 0 Å². The first-order valence-electron chi connectivity index (χ1n) is 6.05. The highest BCUT2D eigenvalue weighted by Gasteiger charge is 2.40. The number of carbonyl (C=O) groups is 1. The lowest BCUT2D eigenvalue weighted by Crippen LogP contribution is -2.36. The number of carbonyl (C=O) groups excluding carboxylic acids is 1. The van der Waals surface area contributed by atoms with Gasteiger partial charge in [-0.25, -0.2) is 18.2 Å². The lowest BCUT2D eigenvalue weighted by atomic mass is 10.5. The van der Waals surface area contributed by atoms with Gasteiger partial charge in [0.05, 0.1) is 19.2 Å². The molecule has 1 saturated carbocycles. The molecule has 1 aliphatic rings. The van der Waals surface area contributed by atoms with Crippen molar-refractivity contribution in [1.29, 1.82) is 0 Å². The first-order valence-corrected chi connectivity index (χ1v) is 8.37. The van der Waals surface area contributed by atoms with E-state index in [0.717, 1.165) is 24.2 Å². The second kappa shape index (κ2) is 6.17. The van der Waals surface area contributed by atoms with Gasteiger partial charge in [0.25, 0.3) is 10.0 Å². The van der Waals surface area contributed by atoms with Crippen molar-refractivity contribution in [3.63, 3.8) is 0 Å². The van der Waals surface area contributed by atoms with Gasteiger partial charge >= 0.3 is 5.97 Å². The van der Waals surface area contributed by atoms with Crippen LogP contribution in [0.4, 0.5) is 0 Å². The molecule has 1 heterocycles. The van der Waals surface area contributed by atoms with Crippen LogP contribution in [0.2, 0.25) is 0 Å². The molecule has 1 fully saturated rings. The van der Waals surface area contributed by atoms with Crippen molar-refractivity contribution in [1.82, 2.24) is 9.29 Å². The van der Waals surface area contributed by atoms with E-state index in [1.54, 1.807) is 0 Å². The Labute approximate surface area is 121 Å². The zero-order chi connectivity index (χ0) is 14.8. The van der Waals surface area contributed by atoms with Gasteiger partial charge in [-0.3, -0.25) is 0 Å². The van der Waals surface area contributed by atoms with E-state index in [9.17, 15) is 13.2 Å². The topological polar surface area (TPSA) is 85.8 Å². The van der Waals surface area contributed by atoms with E-state index >= 15 is 0 Å². The zero-order valence-corrected chi connectivity index (χ0v) is 12.9. The van der Waals surface area contributed by atoms with Crippen LogP contribution in [0.1, 0.15) is 23.3 Å². The fraction of sp³-hybridized carbons (Fsp3) is 0.636. The van der Waals surface area contributed by atoms with Gasteiger partial charge in [0.1, 0.15) is 0 Å². The van der Waals surface area contributed by atoms with Gasteiger partial charge in [-0.2, -0.15) is 4.31 Å². The fourth-order valence-corrected chi connectivity index (χ4v) is 4.72. The van der Waals surface area contributed by atoms with Crippen LogP contribution in [0.25, 0.3) is 0 Å². The van der Waals surface area contributed by atoms with Gasteiger partial charge < -0.3 is 9.47 Å². The average Bonchev–Trinajstić information content (AvgIpc) is 3.12. The highest BCUT2D eigenvalue weighted by Crippen LogP contribution is 2.34. The summed E-state index contributed by atoms with van der Waals surface area (Å²) < 4.78 is 36.1. The summed E-state index contributed by atoms with van der Waals surface area (Å²) >= 11 is 0.925. The molecule has 0 radical (unpaired) electrons. The highest BCUT2D eigenvalue weighted by molar-refractivity contribution is 7.91. The number of sulfonamides is 1. The summed E-state index contributed by atoms with van der Waals surface area (Å²) in [6.07, 6.45) is 1.66. The van der Waals surface area contributed by atoms with E-state index < -0.39 is 16.0 Å². The van der Waals surface area contributed by atoms with Crippen LogP contribution < -0.4 is 0 Å². The molecule has 0 unspecified atom stereocenters. The largest absolute Gasteiger partial charge is 0.464 e. The van der Waals surface area contributed by atoms with Crippen LogP contribution in [0.3, 0.4) is 0 Å². The van der Waals surface area contributed by atoms with Crippen LogP contribution in [0.15, 0.2) is 9.72 Å². The van der Waals surface area contributed by atoms with Crippen molar-refractivity contribution >= 4 is 27.3 Å². The predicted molar refractivity (Wildman–Crippen MR) is 72.2 cm³/mol.